The Bertz CT molecular complexity index is 950. The lowest BCUT2D eigenvalue weighted by Crippen LogP contribution is -2.16. The third kappa shape index (κ3) is 4.79. The highest BCUT2D eigenvalue weighted by atomic mass is 35.5. The molecule has 0 atom stereocenters. The van der Waals surface area contributed by atoms with E-state index in [0.717, 1.165) is 23.0 Å². The van der Waals surface area contributed by atoms with Gasteiger partial charge in [0.2, 0.25) is 0 Å². The number of ether oxygens (including phenoxy) is 3. The van der Waals surface area contributed by atoms with Crippen LogP contribution in [-0.4, -0.2) is 31.8 Å². The molecule has 0 spiro atoms. The summed E-state index contributed by atoms with van der Waals surface area (Å²) in [4.78, 5) is 4.53. The van der Waals surface area contributed by atoms with E-state index in [4.69, 9.17) is 37.4 Å². The lowest BCUT2D eigenvalue weighted by molar-refractivity contribution is 0.263. The van der Waals surface area contributed by atoms with Crippen LogP contribution in [0.3, 0.4) is 0 Å². The van der Waals surface area contributed by atoms with E-state index >= 15 is 0 Å². The van der Waals surface area contributed by atoms with Crippen LogP contribution < -0.4 is 19.5 Å². The van der Waals surface area contributed by atoms with Gasteiger partial charge in [-0.05, 0) is 44.3 Å². The normalized spacial score (nSPS) is 10.9. The van der Waals surface area contributed by atoms with Crippen molar-refractivity contribution in [2.75, 3.05) is 26.8 Å². The van der Waals surface area contributed by atoms with E-state index in [1.807, 2.05) is 50.4 Å². The minimum atomic E-state index is 0.288. The number of fused-ring (bicyclic) bond motifs is 1. The van der Waals surface area contributed by atoms with Gasteiger partial charge < -0.3 is 19.5 Å². The highest BCUT2D eigenvalue weighted by Gasteiger charge is 2.11. The molecule has 1 aromatic heterocycles. The molecule has 0 saturated heterocycles. The Morgan fingerprint density at radius 2 is 1.79 bits per heavy atom. The molecule has 7 heteroatoms. The fourth-order valence-electron chi connectivity index (χ4n) is 2.70. The molecule has 0 aliphatic carbocycles. The summed E-state index contributed by atoms with van der Waals surface area (Å²) in [6, 6.07) is 13.1. The van der Waals surface area contributed by atoms with Gasteiger partial charge in [0.1, 0.15) is 19.0 Å². The highest BCUT2D eigenvalue weighted by Crippen LogP contribution is 2.35. The summed E-state index contributed by atoms with van der Waals surface area (Å²) >= 11 is 12.4. The average molecular weight is 421 g/mol. The van der Waals surface area contributed by atoms with Gasteiger partial charge in [0.15, 0.2) is 5.75 Å². The van der Waals surface area contributed by atoms with Gasteiger partial charge in [-0.25, -0.2) is 4.98 Å². The van der Waals surface area contributed by atoms with Crippen molar-refractivity contribution < 1.29 is 14.2 Å². The Morgan fingerprint density at radius 1 is 0.929 bits per heavy atom. The van der Waals surface area contributed by atoms with Gasteiger partial charge in [0.25, 0.3) is 5.88 Å². The van der Waals surface area contributed by atoms with E-state index in [0.29, 0.717) is 40.6 Å². The lowest BCUT2D eigenvalue weighted by Gasteiger charge is -2.13. The molecule has 148 valence electrons. The zero-order valence-corrected chi connectivity index (χ0v) is 17.3. The van der Waals surface area contributed by atoms with Crippen LogP contribution in [0, 0.1) is 0 Å². The fourth-order valence-corrected chi connectivity index (χ4v) is 3.10. The third-order valence-corrected chi connectivity index (χ3v) is 4.88. The van der Waals surface area contributed by atoms with Crippen LogP contribution in [-0.2, 0) is 6.61 Å². The van der Waals surface area contributed by atoms with Crippen molar-refractivity contribution in [2.24, 2.45) is 0 Å². The summed E-state index contributed by atoms with van der Waals surface area (Å²) in [6.07, 6.45) is 0. The molecule has 3 rings (SSSR count). The second-order valence-electron chi connectivity index (χ2n) is 5.99. The van der Waals surface area contributed by atoms with Gasteiger partial charge >= 0.3 is 0 Å². The number of hydrogen-bond donors (Lipinski definition) is 1. The SMILES string of the molecule is CCOc1nc(COc2cccc3c(Cl)c(Cl)ccc23)ccc1OCCNC. The smallest absolute Gasteiger partial charge is 0.257 e. The van der Waals surface area contributed by atoms with Crippen LogP contribution in [0.5, 0.6) is 17.4 Å². The first-order valence-corrected chi connectivity index (χ1v) is 9.79. The molecular formula is C21H22Cl2N2O3. The number of nitrogens with one attached hydrogen (secondary N) is 1. The van der Waals surface area contributed by atoms with Crippen LogP contribution in [0.15, 0.2) is 42.5 Å². The van der Waals surface area contributed by atoms with E-state index in [1.54, 1.807) is 6.07 Å². The minimum absolute atomic E-state index is 0.288. The molecule has 2 aromatic carbocycles. The number of hydrogen-bond acceptors (Lipinski definition) is 5. The molecule has 0 aliphatic heterocycles. The molecular weight excluding hydrogens is 399 g/mol. The van der Waals surface area contributed by atoms with E-state index < -0.39 is 0 Å². The van der Waals surface area contributed by atoms with Crippen molar-refractivity contribution in [3.05, 3.63) is 58.2 Å². The van der Waals surface area contributed by atoms with Crippen LogP contribution >= 0.6 is 23.2 Å². The Morgan fingerprint density at radius 3 is 2.57 bits per heavy atom. The van der Waals surface area contributed by atoms with E-state index in [-0.39, 0.29) is 6.61 Å². The first-order chi connectivity index (χ1) is 13.6. The maximum absolute atomic E-state index is 6.31. The van der Waals surface area contributed by atoms with Crippen molar-refractivity contribution in [1.82, 2.24) is 10.3 Å². The van der Waals surface area contributed by atoms with Gasteiger partial charge in [0, 0.05) is 17.3 Å². The molecule has 28 heavy (non-hydrogen) atoms. The van der Waals surface area contributed by atoms with Gasteiger partial charge in [-0.15, -0.1) is 0 Å². The predicted octanol–water partition coefficient (Wildman–Crippen LogP) is 5.12. The number of likely N-dealkylation sites (N-methyl/N-ethyl adjacent to an activating group) is 1. The second kappa shape index (κ2) is 9.82. The summed E-state index contributed by atoms with van der Waals surface area (Å²) in [5.74, 6) is 1.80. The molecule has 5 nitrogen and oxygen atoms in total. The Labute approximate surface area is 174 Å². The van der Waals surface area contributed by atoms with Crippen molar-refractivity contribution in [3.63, 3.8) is 0 Å². The van der Waals surface area contributed by atoms with Gasteiger partial charge in [-0.2, -0.15) is 0 Å². The van der Waals surface area contributed by atoms with Crippen LogP contribution in [0.4, 0.5) is 0 Å². The summed E-state index contributed by atoms with van der Waals surface area (Å²) in [7, 11) is 1.87. The lowest BCUT2D eigenvalue weighted by atomic mass is 10.1. The summed E-state index contributed by atoms with van der Waals surface area (Å²) in [5, 5.41) is 5.82. The monoisotopic (exact) mass is 420 g/mol. The molecule has 3 aromatic rings. The number of pyridine rings is 1. The number of aromatic nitrogens is 1. The quantitative estimate of drug-likeness (QED) is 0.486. The summed E-state index contributed by atoms with van der Waals surface area (Å²) < 4.78 is 17.3. The van der Waals surface area contributed by atoms with E-state index in [9.17, 15) is 0 Å². The summed E-state index contributed by atoms with van der Waals surface area (Å²) in [6.45, 7) is 3.98. The Kier molecular flexibility index (Phi) is 7.20. The minimum Gasteiger partial charge on any atom is -0.487 e. The van der Waals surface area contributed by atoms with Gasteiger partial charge in [-0.1, -0.05) is 35.3 Å². The first kappa shape index (κ1) is 20.5. The zero-order valence-electron chi connectivity index (χ0n) is 15.8. The number of benzene rings is 2. The predicted molar refractivity (Wildman–Crippen MR) is 113 cm³/mol. The first-order valence-electron chi connectivity index (χ1n) is 9.03. The number of nitrogens with zero attached hydrogens (tertiary/aromatic N) is 1. The third-order valence-electron chi connectivity index (χ3n) is 4.06. The maximum atomic E-state index is 6.31. The van der Waals surface area contributed by atoms with Crippen molar-refractivity contribution >= 4 is 34.0 Å². The van der Waals surface area contributed by atoms with Gasteiger partial charge in [0.05, 0.1) is 22.3 Å². The molecule has 1 heterocycles. The molecule has 0 bridgehead atoms. The van der Waals surface area contributed by atoms with Crippen LogP contribution in [0.25, 0.3) is 10.8 Å². The number of halogens is 2. The molecule has 0 amide bonds. The molecule has 0 saturated carbocycles. The Hall–Kier alpha value is -2.21. The van der Waals surface area contributed by atoms with E-state index in [2.05, 4.69) is 10.3 Å². The van der Waals surface area contributed by atoms with Crippen molar-refractivity contribution in [3.8, 4) is 17.4 Å². The fraction of sp³-hybridized carbons (Fsp3) is 0.286. The van der Waals surface area contributed by atoms with Gasteiger partial charge in [-0.3, -0.25) is 0 Å². The summed E-state index contributed by atoms with van der Waals surface area (Å²) in [5.41, 5.74) is 0.737. The maximum Gasteiger partial charge on any atom is 0.257 e. The standard InChI is InChI=1S/C21H22Cl2N2O3/c1-3-26-21-19(27-12-11-24-2)10-7-14(25-21)13-28-18-6-4-5-16-15(18)8-9-17(22)20(16)23/h4-10,24H,3,11-13H2,1-2H3. The molecule has 0 fully saturated rings. The van der Waals surface area contributed by atoms with Crippen molar-refractivity contribution in [1.29, 1.82) is 0 Å². The average Bonchev–Trinajstić information content (AvgIpc) is 2.71. The molecule has 0 radical (unpaired) electrons. The Balaban J connectivity index is 1.78. The van der Waals surface area contributed by atoms with Crippen LogP contribution in [0.1, 0.15) is 12.6 Å². The van der Waals surface area contributed by atoms with E-state index in [1.165, 1.54) is 0 Å². The van der Waals surface area contributed by atoms with Crippen molar-refractivity contribution in [2.45, 2.75) is 13.5 Å². The van der Waals surface area contributed by atoms with Crippen LogP contribution in [0.2, 0.25) is 10.0 Å². The highest BCUT2D eigenvalue weighted by molar-refractivity contribution is 6.45. The second-order valence-corrected chi connectivity index (χ2v) is 6.78. The molecule has 0 aliphatic rings. The zero-order chi connectivity index (χ0) is 19.9. The largest absolute Gasteiger partial charge is 0.487 e. The molecule has 0 unspecified atom stereocenters. The number of rotatable bonds is 9. The topological polar surface area (TPSA) is 52.6 Å². The molecule has 1 N–H and O–H groups in total.